The van der Waals surface area contributed by atoms with Gasteiger partial charge < -0.3 is 54.4 Å². The number of phenolic OH excluding ortho intramolecular Hbond substituents is 3. The molecule has 0 saturated carbocycles. The Kier molecular flexibility index (Phi) is 6.25. The average molecular weight is 478 g/mol. The van der Waals surface area contributed by atoms with E-state index in [2.05, 4.69) is 0 Å². The van der Waals surface area contributed by atoms with Crippen LogP contribution >= 0.6 is 0 Å². The summed E-state index contributed by atoms with van der Waals surface area (Å²) in [4.78, 5) is 12.8. The van der Waals surface area contributed by atoms with E-state index in [1.54, 1.807) is 0 Å². The molecule has 12 nitrogen and oxygen atoms in total. The molecular formula is C22H22O12. The van der Waals surface area contributed by atoms with Gasteiger partial charge in [0.25, 0.3) is 0 Å². The zero-order chi connectivity index (χ0) is 24.7. The Morgan fingerprint density at radius 3 is 2.35 bits per heavy atom. The van der Waals surface area contributed by atoms with Crippen LogP contribution in [0.4, 0.5) is 0 Å². The standard InChI is InChI=1S/C22H22O12/c1-31-21-17(28)15-11(26)5-9(24)6-13(15)32-20(21)8-2-3-12(10(25)4-8)33-22-19(30)18(29)16(27)14(7-23)34-22/h2-6,14,16,18-19,22-27,29-30H,7H2,1H3/t14-,16-,18+,19-,22-/m1/s1. The van der Waals surface area contributed by atoms with Gasteiger partial charge in [-0.25, -0.2) is 0 Å². The first-order chi connectivity index (χ1) is 16.2. The summed E-state index contributed by atoms with van der Waals surface area (Å²) in [5.74, 6) is -1.88. The van der Waals surface area contributed by atoms with E-state index in [-0.39, 0.29) is 39.5 Å². The number of hydrogen-bond donors (Lipinski definition) is 7. The number of methoxy groups -OCH3 is 1. The van der Waals surface area contributed by atoms with E-state index in [9.17, 15) is 40.5 Å². The SMILES string of the molecule is COc1c(-c2ccc(O[C@@H]3O[C@H](CO)[C@@H](O)[C@H](O)[C@H]3O)c(O)c2)oc2cc(O)cc(O)c2c1=O. The van der Waals surface area contributed by atoms with Crippen LogP contribution in [0.2, 0.25) is 0 Å². The molecule has 182 valence electrons. The van der Waals surface area contributed by atoms with Crippen molar-refractivity contribution < 1.29 is 54.4 Å². The highest BCUT2D eigenvalue weighted by atomic mass is 16.7. The summed E-state index contributed by atoms with van der Waals surface area (Å²) in [6, 6.07) is 5.92. The van der Waals surface area contributed by atoms with E-state index < -0.39 is 54.2 Å². The molecular weight excluding hydrogens is 456 g/mol. The molecule has 1 aliphatic heterocycles. The monoisotopic (exact) mass is 478 g/mol. The van der Waals surface area contributed by atoms with Gasteiger partial charge in [-0.15, -0.1) is 0 Å². The fourth-order valence-corrected chi connectivity index (χ4v) is 3.69. The van der Waals surface area contributed by atoms with Crippen LogP contribution in [0.25, 0.3) is 22.3 Å². The fourth-order valence-electron chi connectivity index (χ4n) is 3.69. The molecule has 0 spiro atoms. The van der Waals surface area contributed by atoms with Gasteiger partial charge in [-0.2, -0.15) is 0 Å². The van der Waals surface area contributed by atoms with E-state index in [4.69, 9.17) is 18.6 Å². The third-order valence-corrected chi connectivity index (χ3v) is 5.43. The Morgan fingerprint density at radius 1 is 0.971 bits per heavy atom. The van der Waals surface area contributed by atoms with E-state index in [1.165, 1.54) is 19.2 Å². The van der Waals surface area contributed by atoms with Crippen LogP contribution in [0, 0.1) is 0 Å². The van der Waals surface area contributed by atoms with Gasteiger partial charge in [-0.3, -0.25) is 4.79 Å². The highest BCUT2D eigenvalue weighted by Crippen LogP contribution is 2.39. The molecule has 1 saturated heterocycles. The summed E-state index contributed by atoms with van der Waals surface area (Å²) in [5, 5.41) is 69.2. The smallest absolute Gasteiger partial charge is 0.239 e. The molecule has 0 aliphatic carbocycles. The van der Waals surface area contributed by atoms with Crippen LogP contribution in [-0.2, 0) is 4.74 Å². The molecule has 0 unspecified atom stereocenters. The number of fused-ring (bicyclic) bond motifs is 1. The van der Waals surface area contributed by atoms with Crippen molar-refractivity contribution in [3.63, 3.8) is 0 Å². The van der Waals surface area contributed by atoms with E-state index in [0.29, 0.717) is 0 Å². The summed E-state index contributed by atoms with van der Waals surface area (Å²) < 4.78 is 21.5. The first-order valence-electron chi connectivity index (χ1n) is 10.0. The molecule has 1 aliphatic rings. The zero-order valence-electron chi connectivity index (χ0n) is 17.7. The maximum Gasteiger partial charge on any atom is 0.239 e. The Balaban J connectivity index is 1.71. The third kappa shape index (κ3) is 3.97. The normalized spacial score (nSPS) is 24.8. The van der Waals surface area contributed by atoms with E-state index >= 15 is 0 Å². The van der Waals surface area contributed by atoms with Gasteiger partial charge >= 0.3 is 0 Å². The number of ether oxygens (including phenoxy) is 3. The molecule has 34 heavy (non-hydrogen) atoms. The minimum absolute atomic E-state index is 0.111. The van der Waals surface area contributed by atoms with E-state index in [1.807, 2.05) is 0 Å². The predicted octanol–water partition coefficient (Wildman–Crippen LogP) is -0.236. The third-order valence-electron chi connectivity index (χ3n) is 5.43. The summed E-state index contributed by atoms with van der Waals surface area (Å²) in [6.07, 6.45) is -7.64. The number of aliphatic hydroxyl groups excluding tert-OH is 4. The van der Waals surface area contributed by atoms with Crippen molar-refractivity contribution in [2.45, 2.75) is 30.7 Å². The lowest BCUT2D eigenvalue weighted by Gasteiger charge is -2.39. The van der Waals surface area contributed by atoms with Crippen molar-refractivity contribution in [3.8, 4) is 40.1 Å². The molecule has 4 rings (SSSR count). The Morgan fingerprint density at radius 2 is 1.71 bits per heavy atom. The number of rotatable bonds is 5. The largest absolute Gasteiger partial charge is 0.508 e. The number of phenols is 3. The predicted molar refractivity (Wildman–Crippen MR) is 114 cm³/mol. The second-order valence-corrected chi connectivity index (χ2v) is 7.63. The van der Waals surface area contributed by atoms with Crippen LogP contribution in [0.15, 0.2) is 39.5 Å². The van der Waals surface area contributed by atoms with Gasteiger partial charge in [-0.05, 0) is 18.2 Å². The summed E-state index contributed by atoms with van der Waals surface area (Å²) >= 11 is 0. The minimum Gasteiger partial charge on any atom is -0.508 e. The quantitative estimate of drug-likeness (QED) is 0.254. The Hall–Kier alpha value is -3.55. The van der Waals surface area contributed by atoms with Gasteiger partial charge in [0.05, 0.1) is 13.7 Å². The molecule has 2 heterocycles. The van der Waals surface area contributed by atoms with Crippen LogP contribution < -0.4 is 14.9 Å². The molecule has 5 atom stereocenters. The maximum atomic E-state index is 12.8. The maximum absolute atomic E-state index is 12.8. The number of aliphatic hydroxyl groups is 4. The summed E-state index contributed by atoms with van der Waals surface area (Å²) in [7, 11) is 1.22. The van der Waals surface area contributed by atoms with Crippen LogP contribution in [0.1, 0.15) is 0 Å². The van der Waals surface area contributed by atoms with Crippen molar-refractivity contribution in [1.29, 1.82) is 0 Å². The molecule has 0 amide bonds. The molecule has 0 radical (unpaired) electrons. The lowest BCUT2D eigenvalue weighted by atomic mass is 9.99. The van der Waals surface area contributed by atoms with Gasteiger partial charge in [0.15, 0.2) is 17.3 Å². The van der Waals surface area contributed by atoms with Gasteiger partial charge in [0.2, 0.25) is 17.5 Å². The molecule has 0 bridgehead atoms. The van der Waals surface area contributed by atoms with E-state index in [0.717, 1.165) is 18.2 Å². The second-order valence-electron chi connectivity index (χ2n) is 7.63. The van der Waals surface area contributed by atoms with Crippen molar-refractivity contribution in [2.75, 3.05) is 13.7 Å². The van der Waals surface area contributed by atoms with Gasteiger partial charge in [0.1, 0.15) is 46.9 Å². The van der Waals surface area contributed by atoms with Crippen LogP contribution in [0.5, 0.6) is 28.7 Å². The Bertz CT molecular complexity index is 1270. The highest BCUT2D eigenvalue weighted by Gasteiger charge is 2.45. The molecule has 3 aromatic rings. The van der Waals surface area contributed by atoms with Crippen molar-refractivity contribution in [1.82, 2.24) is 0 Å². The van der Waals surface area contributed by atoms with Crippen molar-refractivity contribution in [2.24, 2.45) is 0 Å². The molecule has 1 fully saturated rings. The van der Waals surface area contributed by atoms with Crippen LogP contribution in [0.3, 0.4) is 0 Å². The molecule has 7 N–H and O–H groups in total. The van der Waals surface area contributed by atoms with Crippen molar-refractivity contribution in [3.05, 3.63) is 40.6 Å². The number of hydrogen-bond acceptors (Lipinski definition) is 12. The molecule has 2 aromatic carbocycles. The van der Waals surface area contributed by atoms with Gasteiger partial charge in [-0.1, -0.05) is 0 Å². The van der Waals surface area contributed by atoms with Crippen molar-refractivity contribution >= 4 is 11.0 Å². The minimum atomic E-state index is -1.68. The molecule has 1 aromatic heterocycles. The lowest BCUT2D eigenvalue weighted by Crippen LogP contribution is -2.60. The molecule has 12 heteroatoms. The number of benzene rings is 2. The first kappa shape index (κ1) is 23.6. The average Bonchev–Trinajstić information content (AvgIpc) is 2.79. The fraction of sp³-hybridized carbons (Fsp3) is 0.318. The second kappa shape index (κ2) is 9.00. The van der Waals surface area contributed by atoms with Gasteiger partial charge in [0, 0.05) is 17.7 Å². The highest BCUT2D eigenvalue weighted by molar-refractivity contribution is 5.88. The number of aromatic hydroxyl groups is 3. The first-order valence-corrected chi connectivity index (χ1v) is 10.0. The Labute approximate surface area is 191 Å². The topological polar surface area (TPSA) is 200 Å². The zero-order valence-corrected chi connectivity index (χ0v) is 17.7. The summed E-state index contributed by atoms with van der Waals surface area (Å²) in [5.41, 5.74) is -0.672. The lowest BCUT2D eigenvalue weighted by molar-refractivity contribution is -0.277. The van der Waals surface area contributed by atoms with Crippen LogP contribution in [-0.4, -0.2) is 80.2 Å². The summed E-state index contributed by atoms with van der Waals surface area (Å²) in [6.45, 7) is -0.651.